The number of carbonyl (C=O) groups excluding carboxylic acids is 1. The fraction of sp³-hybridized carbons (Fsp3) is 0.818. The van der Waals surface area contributed by atoms with Crippen molar-refractivity contribution in [2.45, 2.75) is 38.3 Å². The van der Waals surface area contributed by atoms with Crippen molar-refractivity contribution in [3.05, 3.63) is 0 Å². The predicted octanol–water partition coefficient (Wildman–Crippen LogP) is 0.336. The molecule has 0 aliphatic carbocycles. The summed E-state index contributed by atoms with van der Waals surface area (Å²) in [7, 11) is 0. The molecule has 0 bridgehead atoms. The quantitative estimate of drug-likeness (QED) is 0.423. The maximum atomic E-state index is 11.2. The maximum Gasteiger partial charge on any atom is 0.217 e. The molecule has 98 valence electrons. The van der Waals surface area contributed by atoms with Crippen LogP contribution in [0.5, 0.6) is 0 Å². The van der Waals surface area contributed by atoms with Crippen molar-refractivity contribution in [1.29, 1.82) is 5.41 Å². The van der Waals surface area contributed by atoms with Crippen LogP contribution >= 0.6 is 11.8 Å². The van der Waals surface area contributed by atoms with Gasteiger partial charge in [-0.25, -0.2) is 0 Å². The molecule has 1 aliphatic heterocycles. The van der Waals surface area contributed by atoms with Gasteiger partial charge in [0.15, 0.2) is 0 Å². The van der Waals surface area contributed by atoms with Crippen molar-refractivity contribution in [3.8, 4) is 0 Å². The molecule has 0 radical (unpaired) electrons. The van der Waals surface area contributed by atoms with Crippen molar-refractivity contribution in [3.63, 3.8) is 0 Å². The molecule has 1 heterocycles. The minimum atomic E-state index is -0.260. The molecule has 0 spiro atoms. The van der Waals surface area contributed by atoms with Crippen molar-refractivity contribution < 1.29 is 9.90 Å². The van der Waals surface area contributed by atoms with E-state index in [0.717, 1.165) is 25.8 Å². The van der Waals surface area contributed by atoms with E-state index in [2.05, 4.69) is 10.6 Å². The number of amides is 1. The molecular weight excluding hydrogens is 238 g/mol. The number of aliphatic hydroxyl groups is 1. The molecule has 1 saturated heterocycles. The van der Waals surface area contributed by atoms with Gasteiger partial charge in [0, 0.05) is 18.7 Å². The largest absolute Gasteiger partial charge is 0.396 e. The Morgan fingerprint density at radius 2 is 2.41 bits per heavy atom. The third kappa shape index (κ3) is 5.06. The molecule has 1 amide bonds. The van der Waals surface area contributed by atoms with Gasteiger partial charge in [-0.05, 0) is 19.4 Å². The van der Waals surface area contributed by atoms with Crippen LogP contribution < -0.4 is 10.6 Å². The lowest BCUT2D eigenvalue weighted by atomic mass is 9.98. The number of hydrogen-bond acceptors (Lipinski definition) is 5. The minimum Gasteiger partial charge on any atom is -0.396 e. The second kappa shape index (κ2) is 7.68. The normalized spacial score (nSPS) is 21.9. The molecule has 4 N–H and O–H groups in total. The highest BCUT2D eigenvalue weighted by Gasteiger charge is 2.27. The van der Waals surface area contributed by atoms with Crippen molar-refractivity contribution >= 4 is 22.7 Å². The van der Waals surface area contributed by atoms with Crippen LogP contribution in [-0.4, -0.2) is 47.0 Å². The Labute approximate surface area is 106 Å². The van der Waals surface area contributed by atoms with Gasteiger partial charge in [0.25, 0.3) is 0 Å². The predicted molar refractivity (Wildman–Crippen MR) is 70.5 cm³/mol. The maximum absolute atomic E-state index is 11.2. The van der Waals surface area contributed by atoms with Gasteiger partial charge < -0.3 is 15.7 Å². The molecule has 1 rings (SSSR count). The minimum absolute atomic E-state index is 0.0535. The summed E-state index contributed by atoms with van der Waals surface area (Å²) >= 11 is 1.30. The van der Waals surface area contributed by atoms with Crippen LogP contribution in [0.25, 0.3) is 0 Å². The monoisotopic (exact) mass is 259 g/mol. The first-order valence-corrected chi connectivity index (χ1v) is 6.96. The number of nitrogens with one attached hydrogen (secondary N) is 3. The van der Waals surface area contributed by atoms with E-state index in [-0.39, 0.29) is 24.6 Å². The molecular formula is C11H21N3O2S. The highest BCUT2D eigenvalue weighted by Crippen LogP contribution is 2.16. The van der Waals surface area contributed by atoms with Crippen LogP contribution in [0.2, 0.25) is 0 Å². The number of hydrogen-bond donors (Lipinski definition) is 4. The van der Waals surface area contributed by atoms with Gasteiger partial charge in [0.1, 0.15) is 0 Å². The van der Waals surface area contributed by atoms with Crippen LogP contribution in [0, 0.1) is 5.41 Å². The topological polar surface area (TPSA) is 85.2 Å². The fourth-order valence-electron chi connectivity index (χ4n) is 1.98. The smallest absolute Gasteiger partial charge is 0.217 e. The molecule has 17 heavy (non-hydrogen) atoms. The van der Waals surface area contributed by atoms with Gasteiger partial charge in [-0.2, -0.15) is 0 Å². The van der Waals surface area contributed by atoms with Crippen molar-refractivity contribution in [1.82, 2.24) is 10.6 Å². The molecule has 2 unspecified atom stereocenters. The van der Waals surface area contributed by atoms with E-state index in [0.29, 0.717) is 10.8 Å². The summed E-state index contributed by atoms with van der Waals surface area (Å²) in [5, 5.41) is 23.3. The van der Waals surface area contributed by atoms with Crippen LogP contribution in [0.15, 0.2) is 0 Å². The molecule has 6 heteroatoms. The number of carbonyl (C=O) groups is 1. The van der Waals surface area contributed by atoms with Crippen LogP contribution in [0.4, 0.5) is 0 Å². The van der Waals surface area contributed by atoms with Gasteiger partial charge >= 0.3 is 0 Å². The van der Waals surface area contributed by atoms with E-state index >= 15 is 0 Å². The Kier molecular flexibility index (Phi) is 6.54. The second-order valence-corrected chi connectivity index (χ2v) is 5.31. The van der Waals surface area contributed by atoms with E-state index in [1.165, 1.54) is 18.7 Å². The Morgan fingerprint density at radius 1 is 1.65 bits per heavy atom. The van der Waals surface area contributed by atoms with E-state index in [9.17, 15) is 4.79 Å². The van der Waals surface area contributed by atoms with Crippen molar-refractivity contribution in [2.75, 3.05) is 18.9 Å². The third-order valence-electron chi connectivity index (χ3n) is 2.74. The highest BCUT2D eigenvalue weighted by molar-refractivity contribution is 8.14. The van der Waals surface area contributed by atoms with Crippen LogP contribution in [0.1, 0.15) is 26.2 Å². The average molecular weight is 259 g/mol. The molecule has 5 nitrogen and oxygen atoms in total. The summed E-state index contributed by atoms with van der Waals surface area (Å²) < 4.78 is 0. The van der Waals surface area contributed by atoms with Crippen LogP contribution in [0.3, 0.4) is 0 Å². The van der Waals surface area contributed by atoms with Gasteiger partial charge in [-0.15, -0.1) is 11.8 Å². The summed E-state index contributed by atoms with van der Waals surface area (Å²) in [4.78, 5) is 11.2. The van der Waals surface area contributed by atoms with E-state index < -0.39 is 0 Å². The standard InChI is InChI=1S/C11H21N3O2S/c1-8(16)14-10(11(12)17-7-6-15)9-4-2-3-5-13-9/h9-10,12-13,15H,2-7H2,1H3,(H,14,16). The Balaban J connectivity index is 2.57. The third-order valence-corrected chi connectivity index (χ3v) is 3.69. The van der Waals surface area contributed by atoms with Gasteiger partial charge in [0.05, 0.1) is 17.7 Å². The van der Waals surface area contributed by atoms with Crippen molar-refractivity contribution in [2.24, 2.45) is 0 Å². The number of piperidine rings is 1. The average Bonchev–Trinajstić information content (AvgIpc) is 2.34. The summed E-state index contributed by atoms with van der Waals surface area (Å²) in [6.07, 6.45) is 3.26. The van der Waals surface area contributed by atoms with E-state index in [1.807, 2.05) is 0 Å². The SMILES string of the molecule is CC(=O)NC(C(=N)SCCO)C1CCCCN1. The Morgan fingerprint density at radius 3 is 2.94 bits per heavy atom. The lowest BCUT2D eigenvalue weighted by molar-refractivity contribution is -0.119. The molecule has 0 aromatic rings. The Hall–Kier alpha value is -0.590. The molecule has 1 aliphatic rings. The Bertz CT molecular complexity index is 267. The molecule has 2 atom stereocenters. The van der Waals surface area contributed by atoms with Gasteiger partial charge in [0.2, 0.25) is 5.91 Å². The lowest BCUT2D eigenvalue weighted by Gasteiger charge is -2.31. The first-order valence-electron chi connectivity index (χ1n) is 5.97. The molecule has 0 aromatic heterocycles. The zero-order valence-corrected chi connectivity index (χ0v) is 11.0. The second-order valence-electron chi connectivity index (χ2n) is 4.17. The van der Waals surface area contributed by atoms with E-state index in [4.69, 9.17) is 10.5 Å². The van der Waals surface area contributed by atoms with Gasteiger partial charge in [-0.3, -0.25) is 10.2 Å². The summed E-state index contributed by atoms with van der Waals surface area (Å²) in [5.41, 5.74) is 0. The summed E-state index contributed by atoms with van der Waals surface area (Å²) in [5.74, 6) is 0.387. The summed E-state index contributed by atoms with van der Waals surface area (Å²) in [6, 6.07) is -0.115. The fourth-order valence-corrected chi connectivity index (χ4v) is 2.69. The first-order chi connectivity index (χ1) is 8.15. The van der Waals surface area contributed by atoms with Crippen LogP contribution in [-0.2, 0) is 4.79 Å². The number of rotatable bonds is 5. The number of aliphatic hydroxyl groups excluding tert-OH is 1. The lowest BCUT2D eigenvalue weighted by Crippen LogP contribution is -2.54. The first kappa shape index (κ1) is 14.5. The molecule has 0 saturated carbocycles. The molecule has 1 fully saturated rings. The zero-order valence-electron chi connectivity index (χ0n) is 10.2. The number of thioether (sulfide) groups is 1. The highest BCUT2D eigenvalue weighted by atomic mass is 32.2. The van der Waals surface area contributed by atoms with Gasteiger partial charge in [-0.1, -0.05) is 6.42 Å². The summed E-state index contributed by atoms with van der Waals surface area (Å²) in [6.45, 7) is 2.47. The van der Waals surface area contributed by atoms with E-state index in [1.54, 1.807) is 0 Å². The zero-order chi connectivity index (χ0) is 12.7. The molecule has 0 aromatic carbocycles.